The Bertz CT molecular complexity index is 1260. The molecular weight excluding hydrogens is 358 g/mol. The molecule has 28 heavy (non-hydrogen) atoms. The van der Waals surface area contributed by atoms with Crippen LogP contribution in [0.5, 0.6) is 0 Å². The van der Waals surface area contributed by atoms with E-state index in [-0.39, 0.29) is 22.3 Å². The first kappa shape index (κ1) is 16.3. The Hall–Kier alpha value is -3.91. The van der Waals surface area contributed by atoms with E-state index in [1.54, 1.807) is 12.3 Å². The largest absolute Gasteiger partial charge is 0.288 e. The molecule has 0 amide bonds. The molecular formula is C23H10F2N2O. The maximum atomic E-state index is 14.5. The zero-order valence-electron chi connectivity index (χ0n) is 14.3. The van der Waals surface area contributed by atoms with Crippen molar-refractivity contribution in [2.24, 2.45) is 0 Å². The molecule has 0 aliphatic heterocycles. The van der Waals surface area contributed by atoms with Gasteiger partial charge in [-0.2, -0.15) is 5.26 Å². The van der Waals surface area contributed by atoms with Gasteiger partial charge in [-0.1, -0.05) is 30.3 Å². The van der Waals surface area contributed by atoms with E-state index >= 15 is 0 Å². The number of benzene rings is 2. The van der Waals surface area contributed by atoms with Crippen LogP contribution in [0.2, 0.25) is 0 Å². The molecule has 0 saturated heterocycles. The van der Waals surface area contributed by atoms with E-state index in [1.165, 1.54) is 6.08 Å². The molecule has 1 aromatic heterocycles. The van der Waals surface area contributed by atoms with Crippen LogP contribution in [0.4, 0.5) is 8.78 Å². The van der Waals surface area contributed by atoms with E-state index < -0.39 is 17.4 Å². The van der Waals surface area contributed by atoms with Gasteiger partial charge in [0.1, 0.15) is 11.6 Å². The number of Topliss-reactive ketones (excluding diaryl/α,β-unsaturated/α-hetero) is 1. The van der Waals surface area contributed by atoms with Crippen molar-refractivity contribution in [3.63, 3.8) is 0 Å². The van der Waals surface area contributed by atoms with Crippen molar-refractivity contribution in [1.29, 1.82) is 5.26 Å². The Morgan fingerprint density at radius 3 is 2.46 bits per heavy atom. The lowest BCUT2D eigenvalue weighted by Gasteiger charge is -2.08. The van der Waals surface area contributed by atoms with Gasteiger partial charge in [0.25, 0.3) is 0 Å². The smallest absolute Gasteiger partial charge is 0.197 e. The highest BCUT2D eigenvalue weighted by Gasteiger charge is 2.38. The first-order valence-electron chi connectivity index (χ1n) is 8.55. The summed E-state index contributed by atoms with van der Waals surface area (Å²) >= 11 is 0. The van der Waals surface area contributed by atoms with Gasteiger partial charge in [-0.15, -0.1) is 0 Å². The lowest BCUT2D eigenvalue weighted by Crippen LogP contribution is -2.02. The average molecular weight is 368 g/mol. The molecule has 0 fully saturated rings. The van der Waals surface area contributed by atoms with Crippen LogP contribution < -0.4 is 0 Å². The Balaban J connectivity index is 1.93. The summed E-state index contributed by atoms with van der Waals surface area (Å²) in [4.78, 5) is 17.7. The second kappa shape index (κ2) is 5.80. The molecule has 0 saturated carbocycles. The molecule has 0 radical (unpaired) electrons. The molecule has 3 nitrogen and oxygen atoms in total. The van der Waals surface area contributed by atoms with Gasteiger partial charge < -0.3 is 0 Å². The average Bonchev–Trinajstić information content (AvgIpc) is 3.15. The van der Waals surface area contributed by atoms with Gasteiger partial charge in [-0.3, -0.25) is 9.78 Å². The number of halogens is 2. The number of pyridine rings is 1. The summed E-state index contributed by atoms with van der Waals surface area (Å²) in [5, 5.41) is 9.27. The maximum absolute atomic E-state index is 14.5. The van der Waals surface area contributed by atoms with E-state index in [2.05, 4.69) is 4.98 Å². The number of carbonyl (C=O) groups excluding carboxylic acids is 1. The van der Waals surface area contributed by atoms with Crippen molar-refractivity contribution in [3.05, 3.63) is 100 Å². The molecule has 5 heteroatoms. The van der Waals surface area contributed by atoms with Gasteiger partial charge in [0, 0.05) is 51.7 Å². The minimum absolute atomic E-state index is 0.0985. The number of ketones is 1. The maximum Gasteiger partial charge on any atom is 0.197 e. The number of aromatic nitrogens is 1. The van der Waals surface area contributed by atoms with E-state index in [9.17, 15) is 18.8 Å². The molecule has 0 unspecified atom stereocenters. The van der Waals surface area contributed by atoms with Crippen LogP contribution in [0.1, 0.15) is 27.0 Å². The SMILES string of the molecule is N#CC=C1/C(=C2\c3ccccc3-c3ncccc32)C(=O)c2c(F)cc(F)cc21. The quantitative estimate of drug-likeness (QED) is 0.326. The van der Waals surface area contributed by atoms with Gasteiger partial charge >= 0.3 is 0 Å². The topological polar surface area (TPSA) is 53.8 Å². The standard InChI is InChI=1S/C23H10F2N2O/c24-12-10-17-14(7-8-26)21(23(28)20(17)18(25)11-12)19-13-4-1-2-5-15(13)22-16(19)6-3-9-27-22/h1-7,9-11H/b14-7?,21-19-. The third-order valence-corrected chi connectivity index (χ3v) is 5.06. The zero-order valence-corrected chi connectivity index (χ0v) is 14.3. The zero-order chi connectivity index (χ0) is 19.4. The highest BCUT2D eigenvalue weighted by Crippen LogP contribution is 2.50. The van der Waals surface area contributed by atoms with Crippen LogP contribution in [0, 0.1) is 23.0 Å². The highest BCUT2D eigenvalue weighted by molar-refractivity contribution is 6.32. The van der Waals surface area contributed by atoms with Crippen molar-refractivity contribution in [2.75, 3.05) is 0 Å². The molecule has 132 valence electrons. The minimum Gasteiger partial charge on any atom is -0.288 e. The summed E-state index contributed by atoms with van der Waals surface area (Å²) in [6, 6.07) is 14.7. The molecule has 0 bridgehead atoms. The molecule has 1 heterocycles. The number of fused-ring (bicyclic) bond motifs is 4. The van der Waals surface area contributed by atoms with Crippen molar-refractivity contribution in [1.82, 2.24) is 4.98 Å². The fraction of sp³-hybridized carbons (Fsp3) is 0. The number of hydrogen-bond acceptors (Lipinski definition) is 3. The fourth-order valence-electron chi connectivity index (χ4n) is 4.01. The molecule has 5 rings (SSSR count). The minimum atomic E-state index is -0.933. The third-order valence-electron chi connectivity index (χ3n) is 5.06. The number of allylic oxidation sites excluding steroid dienone is 3. The van der Waals surface area contributed by atoms with Crippen LogP contribution in [0.3, 0.4) is 0 Å². The predicted molar refractivity (Wildman–Crippen MR) is 100.0 cm³/mol. The van der Waals surface area contributed by atoms with Crippen molar-refractivity contribution in [2.45, 2.75) is 0 Å². The molecule has 0 N–H and O–H groups in total. The van der Waals surface area contributed by atoms with Crippen LogP contribution in [0.15, 0.2) is 66.4 Å². The van der Waals surface area contributed by atoms with E-state index in [4.69, 9.17) is 0 Å². The molecule has 0 spiro atoms. The number of nitriles is 1. The van der Waals surface area contributed by atoms with Gasteiger partial charge in [0.15, 0.2) is 5.78 Å². The Morgan fingerprint density at radius 1 is 0.929 bits per heavy atom. The van der Waals surface area contributed by atoms with Gasteiger partial charge in [0.05, 0.1) is 17.3 Å². The van der Waals surface area contributed by atoms with Crippen molar-refractivity contribution < 1.29 is 13.6 Å². The summed E-state index contributed by atoms with van der Waals surface area (Å²) in [5.74, 6) is -2.29. The molecule has 2 aliphatic carbocycles. The summed E-state index contributed by atoms with van der Waals surface area (Å²) in [5.41, 5.74) is 3.96. The first-order chi connectivity index (χ1) is 13.6. The summed E-state index contributed by atoms with van der Waals surface area (Å²) in [6.45, 7) is 0. The number of hydrogen-bond donors (Lipinski definition) is 0. The lowest BCUT2D eigenvalue weighted by atomic mass is 9.93. The first-order valence-corrected chi connectivity index (χ1v) is 8.55. The molecule has 0 atom stereocenters. The van der Waals surface area contributed by atoms with Crippen LogP contribution in [0.25, 0.3) is 22.4 Å². The molecule has 3 aromatic rings. The second-order valence-electron chi connectivity index (χ2n) is 6.52. The Morgan fingerprint density at radius 2 is 1.68 bits per heavy atom. The number of rotatable bonds is 0. The lowest BCUT2D eigenvalue weighted by molar-refractivity contribution is 0.104. The van der Waals surface area contributed by atoms with Crippen molar-refractivity contribution in [3.8, 4) is 17.3 Å². The van der Waals surface area contributed by atoms with Gasteiger partial charge in [-0.25, -0.2) is 8.78 Å². The van der Waals surface area contributed by atoms with E-state index in [0.29, 0.717) is 17.3 Å². The fourth-order valence-corrected chi connectivity index (χ4v) is 4.01. The predicted octanol–water partition coefficient (Wildman–Crippen LogP) is 4.95. The van der Waals surface area contributed by atoms with Crippen molar-refractivity contribution >= 4 is 16.9 Å². The summed E-state index contributed by atoms with van der Waals surface area (Å²) < 4.78 is 28.3. The highest BCUT2D eigenvalue weighted by atomic mass is 19.1. The molecule has 2 aliphatic rings. The van der Waals surface area contributed by atoms with Crippen LogP contribution >= 0.6 is 0 Å². The third kappa shape index (κ3) is 2.06. The Labute approximate surface area is 158 Å². The van der Waals surface area contributed by atoms with E-state index in [0.717, 1.165) is 22.8 Å². The normalized spacial score (nSPS) is 18.0. The van der Waals surface area contributed by atoms with Crippen LogP contribution in [-0.2, 0) is 0 Å². The number of carbonyl (C=O) groups is 1. The van der Waals surface area contributed by atoms with Gasteiger partial charge in [0.2, 0.25) is 0 Å². The second-order valence-corrected chi connectivity index (χ2v) is 6.52. The number of nitrogens with zero attached hydrogens (tertiary/aromatic N) is 2. The van der Waals surface area contributed by atoms with Crippen LogP contribution in [-0.4, -0.2) is 10.8 Å². The summed E-state index contributed by atoms with van der Waals surface area (Å²) in [7, 11) is 0. The monoisotopic (exact) mass is 368 g/mol. The molecule has 2 aromatic carbocycles. The van der Waals surface area contributed by atoms with Gasteiger partial charge in [-0.05, 0) is 17.7 Å². The van der Waals surface area contributed by atoms with E-state index in [1.807, 2.05) is 36.4 Å². The Kier molecular flexibility index (Phi) is 3.37. The summed E-state index contributed by atoms with van der Waals surface area (Å²) in [6.07, 6.45) is 2.83.